The molecule has 1 nitrogen and oxygen atoms in total. The summed E-state index contributed by atoms with van der Waals surface area (Å²) < 4.78 is 19.3. The van der Waals surface area contributed by atoms with Gasteiger partial charge in [-0.15, -0.1) is 11.8 Å². The van der Waals surface area contributed by atoms with Crippen molar-refractivity contribution in [2.45, 2.75) is 42.9 Å². The van der Waals surface area contributed by atoms with E-state index < -0.39 is 0 Å². The van der Waals surface area contributed by atoms with E-state index in [4.69, 9.17) is 4.42 Å². The summed E-state index contributed by atoms with van der Waals surface area (Å²) in [4.78, 5) is 1.15. The van der Waals surface area contributed by atoms with Crippen molar-refractivity contribution in [1.82, 2.24) is 0 Å². The summed E-state index contributed by atoms with van der Waals surface area (Å²) in [6.07, 6.45) is 8.71. The van der Waals surface area contributed by atoms with Crippen LogP contribution in [0.3, 0.4) is 0 Å². The van der Waals surface area contributed by atoms with Crippen molar-refractivity contribution in [1.29, 1.82) is 0 Å². The quantitative estimate of drug-likeness (QED) is 0.476. The molecule has 1 aliphatic rings. The molecule has 0 spiro atoms. The number of fused-ring (bicyclic) bond motifs is 1. The molecule has 0 unspecified atom stereocenters. The molecule has 1 aromatic heterocycles. The first kappa shape index (κ1) is 15.8. The van der Waals surface area contributed by atoms with Crippen LogP contribution < -0.4 is 0 Å². The van der Waals surface area contributed by atoms with Gasteiger partial charge in [-0.3, -0.25) is 0 Å². The number of halogens is 1. The van der Waals surface area contributed by atoms with E-state index >= 15 is 0 Å². The van der Waals surface area contributed by atoms with E-state index in [1.165, 1.54) is 55.2 Å². The number of furan rings is 1. The monoisotopic (exact) mass is 340 g/mol. The van der Waals surface area contributed by atoms with Gasteiger partial charge in [0, 0.05) is 10.9 Å². The zero-order valence-electron chi connectivity index (χ0n) is 13.8. The normalized spacial score (nSPS) is 15.9. The van der Waals surface area contributed by atoms with E-state index in [0.29, 0.717) is 5.92 Å². The van der Waals surface area contributed by atoms with Crippen LogP contribution in [0.1, 0.15) is 43.6 Å². The molecule has 0 N–H and O–H groups in total. The standard InChI is InChI=1S/C21H21FOS/c1-24-21-18-13-16(14-5-3-2-4-6-14)9-12-19(18)23-20(21)15-7-10-17(22)11-8-15/h7-14H,2-6H2,1H3. The molecule has 1 heterocycles. The molecule has 1 saturated carbocycles. The molecule has 3 aromatic rings. The third kappa shape index (κ3) is 2.86. The molecule has 0 bridgehead atoms. The lowest BCUT2D eigenvalue weighted by molar-refractivity contribution is 0.444. The third-order valence-corrected chi connectivity index (χ3v) is 5.87. The molecule has 0 radical (unpaired) electrons. The number of benzene rings is 2. The van der Waals surface area contributed by atoms with Crippen molar-refractivity contribution >= 4 is 22.7 Å². The van der Waals surface area contributed by atoms with Crippen LogP contribution in [-0.4, -0.2) is 6.26 Å². The average molecular weight is 340 g/mol. The van der Waals surface area contributed by atoms with Gasteiger partial charge in [-0.05, 0) is 67.0 Å². The highest BCUT2D eigenvalue weighted by atomic mass is 32.2. The maximum absolute atomic E-state index is 13.2. The zero-order valence-corrected chi connectivity index (χ0v) is 14.7. The topological polar surface area (TPSA) is 13.1 Å². The van der Waals surface area contributed by atoms with Gasteiger partial charge in [0.05, 0.1) is 4.90 Å². The van der Waals surface area contributed by atoms with Gasteiger partial charge >= 0.3 is 0 Å². The summed E-state index contributed by atoms with van der Waals surface area (Å²) in [6.45, 7) is 0. The van der Waals surface area contributed by atoms with E-state index in [1.807, 2.05) is 0 Å². The highest BCUT2D eigenvalue weighted by molar-refractivity contribution is 7.99. The van der Waals surface area contributed by atoms with E-state index in [0.717, 1.165) is 21.8 Å². The van der Waals surface area contributed by atoms with Crippen molar-refractivity contribution in [3.05, 3.63) is 53.8 Å². The van der Waals surface area contributed by atoms with E-state index in [9.17, 15) is 4.39 Å². The number of hydrogen-bond acceptors (Lipinski definition) is 2. The molecule has 0 amide bonds. The van der Waals surface area contributed by atoms with E-state index in [2.05, 4.69) is 24.5 Å². The smallest absolute Gasteiger partial charge is 0.148 e. The SMILES string of the molecule is CSc1c(-c2ccc(F)cc2)oc2ccc(C3CCCCC3)cc12. The minimum atomic E-state index is -0.222. The molecule has 124 valence electrons. The van der Waals surface area contributed by atoms with Crippen LogP contribution in [0.2, 0.25) is 0 Å². The van der Waals surface area contributed by atoms with Crippen molar-refractivity contribution < 1.29 is 8.81 Å². The summed E-state index contributed by atoms with van der Waals surface area (Å²) in [5.41, 5.74) is 3.28. The third-order valence-electron chi connectivity index (χ3n) is 5.05. The molecule has 1 fully saturated rings. The van der Waals surface area contributed by atoms with Crippen LogP contribution in [0, 0.1) is 5.82 Å². The van der Waals surface area contributed by atoms with Crippen LogP contribution >= 0.6 is 11.8 Å². The second-order valence-corrected chi connectivity index (χ2v) is 7.38. The fourth-order valence-electron chi connectivity index (χ4n) is 3.78. The predicted molar refractivity (Wildman–Crippen MR) is 99.2 cm³/mol. The van der Waals surface area contributed by atoms with Crippen LogP contribution in [0.15, 0.2) is 51.8 Å². The molecule has 0 saturated heterocycles. The van der Waals surface area contributed by atoms with Gasteiger partial charge < -0.3 is 4.42 Å². The number of rotatable bonds is 3. The lowest BCUT2D eigenvalue weighted by Gasteiger charge is -2.21. The molecule has 2 aromatic carbocycles. The summed E-state index contributed by atoms with van der Waals surface area (Å²) in [5, 5.41) is 1.19. The Balaban J connectivity index is 1.80. The first-order chi connectivity index (χ1) is 11.8. The van der Waals surface area contributed by atoms with Crippen LogP contribution in [0.5, 0.6) is 0 Å². The maximum atomic E-state index is 13.2. The lowest BCUT2D eigenvalue weighted by atomic mass is 9.84. The van der Waals surface area contributed by atoms with Crippen LogP contribution in [0.25, 0.3) is 22.3 Å². The minimum absolute atomic E-state index is 0.222. The summed E-state index contributed by atoms with van der Waals surface area (Å²) in [7, 11) is 0. The van der Waals surface area contributed by atoms with Gasteiger partial charge in [-0.1, -0.05) is 25.3 Å². The second-order valence-electron chi connectivity index (χ2n) is 6.56. The molecule has 0 aliphatic heterocycles. The lowest BCUT2D eigenvalue weighted by Crippen LogP contribution is -2.04. The Kier molecular flexibility index (Phi) is 4.36. The molecule has 4 rings (SSSR count). The zero-order chi connectivity index (χ0) is 16.5. The van der Waals surface area contributed by atoms with Gasteiger partial charge in [0.25, 0.3) is 0 Å². The Hall–Kier alpha value is -1.74. The fraction of sp³-hybridized carbons (Fsp3) is 0.333. The number of hydrogen-bond donors (Lipinski definition) is 0. The Bertz CT molecular complexity index is 844. The second kappa shape index (κ2) is 6.64. The van der Waals surface area contributed by atoms with Gasteiger partial charge in [-0.2, -0.15) is 0 Å². The van der Waals surface area contributed by atoms with Crippen LogP contribution in [-0.2, 0) is 0 Å². The van der Waals surface area contributed by atoms with Crippen molar-refractivity contribution in [3.8, 4) is 11.3 Å². The first-order valence-corrected chi connectivity index (χ1v) is 9.85. The molecule has 1 aliphatic carbocycles. The highest BCUT2D eigenvalue weighted by Gasteiger charge is 2.19. The van der Waals surface area contributed by atoms with Gasteiger partial charge in [0.1, 0.15) is 17.2 Å². The van der Waals surface area contributed by atoms with Gasteiger partial charge in [0.15, 0.2) is 0 Å². The summed E-state index contributed by atoms with van der Waals surface area (Å²) in [6, 6.07) is 13.2. The van der Waals surface area contributed by atoms with Gasteiger partial charge in [-0.25, -0.2) is 4.39 Å². The molecule has 24 heavy (non-hydrogen) atoms. The Morgan fingerprint density at radius 3 is 2.46 bits per heavy atom. The average Bonchev–Trinajstić information content (AvgIpc) is 3.00. The predicted octanol–water partition coefficient (Wildman–Crippen LogP) is 7.01. The summed E-state index contributed by atoms with van der Waals surface area (Å²) in [5.74, 6) is 1.31. The molecule has 0 atom stereocenters. The Morgan fingerprint density at radius 1 is 1.00 bits per heavy atom. The Morgan fingerprint density at radius 2 is 1.75 bits per heavy atom. The van der Waals surface area contributed by atoms with Gasteiger partial charge in [0.2, 0.25) is 0 Å². The fourth-order valence-corrected chi connectivity index (χ4v) is 4.50. The largest absolute Gasteiger partial charge is 0.455 e. The highest BCUT2D eigenvalue weighted by Crippen LogP contribution is 2.41. The minimum Gasteiger partial charge on any atom is -0.455 e. The molecular weight excluding hydrogens is 319 g/mol. The maximum Gasteiger partial charge on any atom is 0.148 e. The molecular formula is C21H21FOS. The van der Waals surface area contributed by atoms with E-state index in [1.54, 1.807) is 23.9 Å². The van der Waals surface area contributed by atoms with Crippen LogP contribution in [0.4, 0.5) is 4.39 Å². The Labute approximate surface area is 146 Å². The number of thioether (sulfide) groups is 1. The van der Waals surface area contributed by atoms with Crippen molar-refractivity contribution in [3.63, 3.8) is 0 Å². The molecule has 3 heteroatoms. The van der Waals surface area contributed by atoms with Crippen molar-refractivity contribution in [2.75, 3.05) is 6.26 Å². The van der Waals surface area contributed by atoms with E-state index in [-0.39, 0.29) is 5.82 Å². The van der Waals surface area contributed by atoms with Crippen molar-refractivity contribution in [2.24, 2.45) is 0 Å². The summed E-state index contributed by atoms with van der Waals surface area (Å²) >= 11 is 1.70. The first-order valence-electron chi connectivity index (χ1n) is 8.62.